The van der Waals surface area contributed by atoms with Crippen molar-refractivity contribution in [1.82, 2.24) is 0 Å². The van der Waals surface area contributed by atoms with E-state index in [0.29, 0.717) is 42.1 Å². The number of aliphatic hydroxyl groups is 5. The number of carboxylic acid groups (broad SMARTS) is 1. The maximum Gasteiger partial charge on any atom is 0.317 e. The van der Waals surface area contributed by atoms with Crippen LogP contribution < -0.4 is 40.1 Å². The summed E-state index contributed by atoms with van der Waals surface area (Å²) in [7, 11) is 0. The molecule has 334 valence electrons. The first-order valence-electron chi connectivity index (χ1n) is 20.7. The Morgan fingerprint density at radius 2 is 1.84 bits per heavy atom. The Kier molecular flexibility index (Phi) is 11.6. The zero-order valence-electron chi connectivity index (χ0n) is 33.9. The second kappa shape index (κ2) is 17.2. The summed E-state index contributed by atoms with van der Waals surface area (Å²) in [5.74, 6) is -1.65. The number of allylic oxidation sites excluding steroid dienone is 1. The summed E-state index contributed by atoms with van der Waals surface area (Å²) in [5, 5.41) is 64.0. The van der Waals surface area contributed by atoms with E-state index in [2.05, 4.69) is 4.99 Å². The maximum atomic E-state index is 12.5. The van der Waals surface area contributed by atoms with Crippen molar-refractivity contribution in [3.63, 3.8) is 0 Å². The van der Waals surface area contributed by atoms with Gasteiger partial charge in [-0.05, 0) is 30.5 Å². The van der Waals surface area contributed by atoms with Gasteiger partial charge in [-0.25, -0.2) is 0 Å². The SMILES string of the molecule is NC(N)C(OC(=O)CC(=O)O)C1OC2Oc3cc4c(c(C[NH+]5C=C6N=CC=C6C5)c3CCC2(O)C(O)C1O)C1Oc2c(ccc(OCO)c2OCCO)C1C(Cc1ccccc1)O4. The standard InChI is InChI=1S/C44H48N4O15/c45-42(46)40(61-32(53)16-31(51)52)39-35(54)41(55)44(56)10-8-23-25(18-48-17-22-9-11-47-26(22)19-48)34-30(15-28(23)60-43(44)63-39)59-29(14-21-4-2-1-3-5-21)33-24-6-7-27(58-20-50)37(57-13-12-49)36(24)62-38(33)34/h1-7,9,11,15,19,29,33,35,38-43,49-50,54-56H,8,10,12-14,16-18,20,45-46H2,(H,51,52)/p+1. The van der Waals surface area contributed by atoms with Crippen molar-refractivity contribution in [3.05, 3.63) is 99.9 Å². The molecule has 11 N–H and O–H groups in total. The lowest BCUT2D eigenvalue weighted by Crippen LogP contribution is -3.05. The number of fused-ring (bicyclic) bond motifs is 8. The van der Waals surface area contributed by atoms with Crippen LogP contribution in [0.4, 0.5) is 0 Å². The van der Waals surface area contributed by atoms with Crippen LogP contribution in [0.5, 0.6) is 28.7 Å². The number of aliphatic carboxylic acids is 1. The lowest BCUT2D eigenvalue weighted by atomic mass is 9.78. The molecule has 0 bridgehead atoms. The summed E-state index contributed by atoms with van der Waals surface area (Å²) in [4.78, 5) is 29.3. The molecule has 3 aromatic carbocycles. The summed E-state index contributed by atoms with van der Waals surface area (Å²) in [6, 6.07) is 15.0. The molecule has 10 unspecified atom stereocenters. The van der Waals surface area contributed by atoms with Crippen LogP contribution in [0.25, 0.3) is 0 Å². The van der Waals surface area contributed by atoms with Crippen LogP contribution in [-0.2, 0) is 38.4 Å². The number of benzene rings is 3. The number of carbonyl (C=O) groups excluding carboxylic acids is 1. The highest BCUT2D eigenvalue weighted by atomic mass is 16.7. The van der Waals surface area contributed by atoms with Gasteiger partial charge in [-0.1, -0.05) is 36.4 Å². The van der Waals surface area contributed by atoms with Crippen molar-refractivity contribution in [1.29, 1.82) is 0 Å². The van der Waals surface area contributed by atoms with E-state index in [9.17, 15) is 35.1 Å². The third kappa shape index (κ3) is 7.78. The molecule has 6 aliphatic heterocycles. The molecule has 9 rings (SSSR count). The van der Waals surface area contributed by atoms with Crippen LogP contribution in [-0.4, -0.2) is 124 Å². The summed E-state index contributed by atoms with van der Waals surface area (Å²) in [6.07, 6.45) is -6.48. The van der Waals surface area contributed by atoms with Gasteiger partial charge in [0.1, 0.15) is 80.0 Å². The number of nitrogens with one attached hydrogen (secondary N) is 1. The molecule has 6 heterocycles. The number of hydrogen-bond donors (Lipinski definition) is 9. The predicted molar refractivity (Wildman–Crippen MR) is 217 cm³/mol. The van der Waals surface area contributed by atoms with E-state index >= 15 is 0 Å². The van der Waals surface area contributed by atoms with E-state index < -0.39 is 85.8 Å². The van der Waals surface area contributed by atoms with E-state index in [4.69, 9.17) is 49.7 Å². The van der Waals surface area contributed by atoms with Gasteiger partial charge in [0.15, 0.2) is 30.0 Å². The van der Waals surface area contributed by atoms with Gasteiger partial charge >= 0.3 is 11.9 Å². The van der Waals surface area contributed by atoms with Gasteiger partial charge < -0.3 is 75.3 Å². The molecule has 1 fully saturated rings. The zero-order chi connectivity index (χ0) is 44.2. The molecule has 19 nitrogen and oxygen atoms in total. The molecule has 0 aromatic heterocycles. The van der Waals surface area contributed by atoms with Gasteiger partial charge in [0, 0.05) is 46.5 Å². The number of nitrogens with zero attached hydrogens (tertiary/aromatic N) is 1. The average Bonchev–Trinajstić information content (AvgIpc) is 3.94. The van der Waals surface area contributed by atoms with E-state index in [1.807, 2.05) is 48.7 Å². The van der Waals surface area contributed by atoms with Gasteiger partial charge in [-0.3, -0.25) is 19.5 Å². The number of esters is 1. The van der Waals surface area contributed by atoms with E-state index in [1.165, 1.54) is 0 Å². The van der Waals surface area contributed by atoms with Crippen LogP contribution in [0.2, 0.25) is 0 Å². The first kappa shape index (κ1) is 42.7. The molecule has 0 saturated carbocycles. The number of rotatable bonds is 14. The fraction of sp³-hybridized carbons (Fsp3) is 0.432. The minimum absolute atomic E-state index is 0.0742. The van der Waals surface area contributed by atoms with Gasteiger partial charge in [0.05, 0.1) is 18.7 Å². The highest BCUT2D eigenvalue weighted by molar-refractivity contribution is 5.90. The highest BCUT2D eigenvalue weighted by Gasteiger charge is 2.60. The molecule has 10 atom stereocenters. The Balaban J connectivity index is 1.16. The minimum atomic E-state index is -2.23. The number of ether oxygens (including phenoxy) is 7. The number of quaternary nitrogens is 1. The van der Waals surface area contributed by atoms with E-state index in [1.54, 1.807) is 18.3 Å². The van der Waals surface area contributed by atoms with E-state index in [-0.39, 0.29) is 43.3 Å². The molecule has 0 spiro atoms. The van der Waals surface area contributed by atoms with Gasteiger partial charge in [-0.15, -0.1) is 0 Å². The summed E-state index contributed by atoms with van der Waals surface area (Å²) in [6.45, 7) is -0.00857. The number of aliphatic imine (C=N–C) groups is 1. The average molecular weight is 874 g/mol. The normalized spacial score (nSPS) is 28.9. The number of hydrogen-bond acceptors (Lipinski definition) is 17. The lowest BCUT2D eigenvalue weighted by Gasteiger charge is -2.48. The third-order valence-corrected chi connectivity index (χ3v) is 12.5. The molecule has 1 saturated heterocycles. The monoisotopic (exact) mass is 873 g/mol. The Morgan fingerprint density at radius 3 is 2.57 bits per heavy atom. The van der Waals surface area contributed by atoms with Crippen molar-refractivity contribution < 1.29 is 78.3 Å². The summed E-state index contributed by atoms with van der Waals surface area (Å²) >= 11 is 0. The van der Waals surface area contributed by atoms with Crippen LogP contribution >= 0.6 is 0 Å². The molecule has 0 radical (unpaired) electrons. The summed E-state index contributed by atoms with van der Waals surface area (Å²) < 4.78 is 43.6. The number of nitrogens with two attached hydrogens (primary N) is 2. The zero-order valence-corrected chi connectivity index (χ0v) is 33.9. The molecule has 6 aliphatic rings. The van der Waals surface area contributed by atoms with Gasteiger partial charge in [0.2, 0.25) is 12.0 Å². The fourth-order valence-electron chi connectivity index (χ4n) is 9.62. The molecular formula is C44H49N4O15+. The predicted octanol–water partition coefficient (Wildman–Crippen LogP) is -1.01. The number of aliphatic hydroxyl groups excluding tert-OH is 4. The highest BCUT2D eigenvalue weighted by Crippen LogP contribution is 2.60. The second-order valence-electron chi connectivity index (χ2n) is 16.4. The maximum absolute atomic E-state index is 12.5. The lowest BCUT2D eigenvalue weighted by molar-refractivity contribution is -0.851. The first-order chi connectivity index (χ1) is 30.4. The molecule has 3 aromatic rings. The molecule has 0 aliphatic carbocycles. The van der Waals surface area contributed by atoms with Crippen LogP contribution in [0.1, 0.15) is 52.7 Å². The third-order valence-electron chi connectivity index (χ3n) is 12.5. The molecular weight excluding hydrogens is 824 g/mol. The van der Waals surface area contributed by atoms with Crippen molar-refractivity contribution in [2.24, 2.45) is 16.5 Å². The summed E-state index contributed by atoms with van der Waals surface area (Å²) in [5.41, 5.74) is 15.5. The Labute approximate surface area is 360 Å². The fourth-order valence-corrected chi connectivity index (χ4v) is 9.62. The van der Waals surface area contributed by atoms with E-state index in [0.717, 1.165) is 32.9 Å². The molecule has 19 heteroatoms. The smallest absolute Gasteiger partial charge is 0.317 e. The van der Waals surface area contributed by atoms with Gasteiger partial charge in [0.25, 0.3) is 0 Å². The minimum Gasteiger partial charge on any atom is -0.489 e. The Bertz CT molecular complexity index is 2360. The molecule has 63 heavy (non-hydrogen) atoms. The first-order valence-corrected chi connectivity index (χ1v) is 20.7. The van der Waals surface area contributed by atoms with Crippen LogP contribution in [0, 0.1) is 0 Å². The molecule has 0 amide bonds. The quantitative estimate of drug-likeness (QED) is 0.0533. The largest absolute Gasteiger partial charge is 0.489 e. The van der Waals surface area contributed by atoms with Crippen molar-refractivity contribution in [2.45, 2.75) is 92.8 Å². The topological polar surface area (TPSA) is 289 Å². The van der Waals surface area contributed by atoms with Crippen molar-refractivity contribution in [2.75, 3.05) is 26.6 Å². The Morgan fingerprint density at radius 1 is 1.03 bits per heavy atom. The van der Waals surface area contributed by atoms with Crippen molar-refractivity contribution in [3.8, 4) is 28.7 Å². The van der Waals surface area contributed by atoms with Gasteiger partial charge in [-0.2, -0.15) is 0 Å². The number of carboxylic acids is 1. The van der Waals surface area contributed by atoms with Crippen LogP contribution in [0.15, 0.2) is 77.1 Å². The van der Waals surface area contributed by atoms with Crippen molar-refractivity contribution >= 4 is 18.2 Å². The Hall–Kier alpha value is -5.61. The second-order valence-corrected chi connectivity index (χ2v) is 16.4. The van der Waals surface area contributed by atoms with Crippen LogP contribution in [0.3, 0.4) is 0 Å². The number of carbonyl (C=O) groups is 2.